The van der Waals surface area contributed by atoms with E-state index in [0.29, 0.717) is 44.9 Å². The Morgan fingerprint density at radius 1 is 1.19 bits per heavy atom. The summed E-state index contributed by atoms with van der Waals surface area (Å²) >= 11 is 0. The maximum absolute atomic E-state index is 12.6. The van der Waals surface area contributed by atoms with Crippen LogP contribution in [0.4, 0.5) is 0 Å². The van der Waals surface area contributed by atoms with E-state index in [-0.39, 0.29) is 17.9 Å². The zero-order chi connectivity index (χ0) is 19.6. The van der Waals surface area contributed by atoms with Crippen LogP contribution in [-0.2, 0) is 15.0 Å². The minimum Gasteiger partial charge on any atom is -0.486 e. The van der Waals surface area contributed by atoms with Gasteiger partial charge in [0, 0.05) is 33.1 Å². The molecule has 8 nitrogen and oxygen atoms in total. The average molecular weight is 397 g/mol. The van der Waals surface area contributed by atoms with Crippen molar-refractivity contribution >= 4 is 16.1 Å². The number of fused-ring (bicyclic) bond motifs is 1. The van der Waals surface area contributed by atoms with Crippen molar-refractivity contribution < 1.29 is 22.7 Å². The molecule has 1 amide bonds. The van der Waals surface area contributed by atoms with E-state index < -0.39 is 10.2 Å². The maximum Gasteiger partial charge on any atom is 0.281 e. The molecule has 1 atom stereocenters. The van der Waals surface area contributed by atoms with Crippen molar-refractivity contribution in [2.24, 2.45) is 5.92 Å². The number of nitrogens with one attached hydrogen (secondary N) is 1. The Morgan fingerprint density at radius 2 is 1.81 bits per heavy atom. The van der Waals surface area contributed by atoms with Crippen molar-refractivity contribution in [1.29, 1.82) is 0 Å². The van der Waals surface area contributed by atoms with Crippen LogP contribution in [0, 0.1) is 5.92 Å². The fraction of sp³-hybridized carbons (Fsp3) is 0.611. The summed E-state index contributed by atoms with van der Waals surface area (Å²) in [5.41, 5.74) is 0.945. The van der Waals surface area contributed by atoms with Gasteiger partial charge >= 0.3 is 0 Å². The van der Waals surface area contributed by atoms with Crippen LogP contribution in [0.25, 0.3) is 0 Å². The van der Waals surface area contributed by atoms with E-state index in [9.17, 15) is 13.2 Å². The van der Waals surface area contributed by atoms with E-state index in [1.807, 2.05) is 25.1 Å². The van der Waals surface area contributed by atoms with Crippen LogP contribution in [0.3, 0.4) is 0 Å². The molecule has 1 N–H and O–H groups in total. The lowest BCUT2D eigenvalue weighted by atomic mass is 9.96. The highest BCUT2D eigenvalue weighted by Crippen LogP contribution is 2.32. The number of amides is 1. The summed E-state index contributed by atoms with van der Waals surface area (Å²) in [5.74, 6) is 1.19. The van der Waals surface area contributed by atoms with Crippen LogP contribution < -0.4 is 14.8 Å². The molecule has 0 aliphatic carbocycles. The molecule has 2 aliphatic rings. The molecule has 3 rings (SSSR count). The Bertz CT molecular complexity index is 788. The SMILES string of the molecule is C[C@H](NC(=O)C1CCN(S(=O)(=O)N(C)C)CC1)c1ccc2c(c1)OCCO2. The van der Waals surface area contributed by atoms with Gasteiger partial charge in [0.05, 0.1) is 6.04 Å². The number of carbonyl (C=O) groups excluding carboxylic acids is 1. The number of hydrogen-bond donors (Lipinski definition) is 1. The second-order valence-electron chi connectivity index (χ2n) is 7.10. The summed E-state index contributed by atoms with van der Waals surface area (Å²) in [6.45, 7) is 3.70. The molecule has 0 aromatic heterocycles. The summed E-state index contributed by atoms with van der Waals surface area (Å²) in [5, 5.41) is 3.04. The summed E-state index contributed by atoms with van der Waals surface area (Å²) in [4.78, 5) is 12.6. The van der Waals surface area contributed by atoms with Gasteiger partial charge in [-0.25, -0.2) is 0 Å². The van der Waals surface area contributed by atoms with E-state index in [1.54, 1.807) is 0 Å². The summed E-state index contributed by atoms with van der Waals surface area (Å²) < 4.78 is 38.1. The van der Waals surface area contributed by atoms with Crippen molar-refractivity contribution in [2.45, 2.75) is 25.8 Å². The molecular weight excluding hydrogens is 370 g/mol. The largest absolute Gasteiger partial charge is 0.486 e. The van der Waals surface area contributed by atoms with Crippen molar-refractivity contribution in [1.82, 2.24) is 13.9 Å². The first-order chi connectivity index (χ1) is 12.8. The third-order valence-electron chi connectivity index (χ3n) is 5.04. The molecule has 1 saturated heterocycles. The Kier molecular flexibility index (Phi) is 5.92. The number of benzene rings is 1. The predicted octanol–water partition coefficient (Wildman–Crippen LogP) is 1.15. The summed E-state index contributed by atoms with van der Waals surface area (Å²) in [7, 11) is -0.381. The molecule has 1 fully saturated rings. The topological polar surface area (TPSA) is 88.2 Å². The molecule has 27 heavy (non-hydrogen) atoms. The molecule has 0 bridgehead atoms. The number of hydrogen-bond acceptors (Lipinski definition) is 5. The van der Waals surface area contributed by atoms with Gasteiger partial charge in [-0.3, -0.25) is 4.79 Å². The van der Waals surface area contributed by atoms with E-state index in [1.165, 1.54) is 22.7 Å². The Labute approximate surface area is 160 Å². The van der Waals surface area contributed by atoms with E-state index in [0.717, 1.165) is 11.3 Å². The number of nitrogens with zero attached hydrogens (tertiary/aromatic N) is 2. The van der Waals surface area contributed by atoms with Crippen molar-refractivity contribution in [2.75, 3.05) is 40.4 Å². The smallest absolute Gasteiger partial charge is 0.281 e. The fourth-order valence-corrected chi connectivity index (χ4v) is 4.46. The van der Waals surface area contributed by atoms with Gasteiger partial charge in [-0.2, -0.15) is 17.0 Å². The lowest BCUT2D eigenvalue weighted by Gasteiger charge is -2.32. The molecule has 9 heteroatoms. The molecule has 1 aromatic carbocycles. The Hall–Kier alpha value is -1.84. The molecule has 0 unspecified atom stereocenters. The van der Waals surface area contributed by atoms with Crippen LogP contribution >= 0.6 is 0 Å². The Balaban J connectivity index is 1.57. The van der Waals surface area contributed by atoms with Gasteiger partial charge in [-0.05, 0) is 37.5 Å². The average Bonchev–Trinajstić information content (AvgIpc) is 2.67. The van der Waals surface area contributed by atoms with Crippen molar-refractivity contribution in [3.8, 4) is 11.5 Å². The highest BCUT2D eigenvalue weighted by atomic mass is 32.2. The molecule has 0 saturated carbocycles. The van der Waals surface area contributed by atoms with E-state index in [4.69, 9.17) is 9.47 Å². The molecular formula is C18H27N3O5S. The molecule has 0 radical (unpaired) electrons. The quantitative estimate of drug-likeness (QED) is 0.805. The highest BCUT2D eigenvalue weighted by Gasteiger charge is 2.32. The molecule has 1 aromatic rings. The maximum atomic E-state index is 12.6. The molecule has 2 aliphatic heterocycles. The first-order valence-electron chi connectivity index (χ1n) is 9.16. The van der Waals surface area contributed by atoms with Gasteiger partial charge in [-0.1, -0.05) is 6.07 Å². The standard InChI is InChI=1S/C18H27N3O5S/c1-13(15-4-5-16-17(12-15)26-11-10-25-16)19-18(22)14-6-8-21(9-7-14)27(23,24)20(2)3/h4-5,12-14H,6-11H2,1-3H3,(H,19,22)/t13-/m0/s1. The third-order valence-corrected chi connectivity index (χ3v) is 6.98. The van der Waals surface area contributed by atoms with Crippen molar-refractivity contribution in [3.63, 3.8) is 0 Å². The molecule has 150 valence electrons. The van der Waals surface area contributed by atoms with Gasteiger partial charge in [0.2, 0.25) is 5.91 Å². The first kappa shape index (κ1) is 19.9. The lowest BCUT2D eigenvalue weighted by Crippen LogP contribution is -2.47. The highest BCUT2D eigenvalue weighted by molar-refractivity contribution is 7.86. The monoisotopic (exact) mass is 397 g/mol. The van der Waals surface area contributed by atoms with Crippen LogP contribution in [-0.4, -0.2) is 63.3 Å². The minimum absolute atomic E-state index is 0.0423. The molecule has 0 spiro atoms. The van der Waals surface area contributed by atoms with Gasteiger partial charge in [-0.15, -0.1) is 0 Å². The van der Waals surface area contributed by atoms with E-state index >= 15 is 0 Å². The number of rotatable bonds is 5. The lowest BCUT2D eigenvalue weighted by molar-refractivity contribution is -0.126. The number of ether oxygens (including phenoxy) is 2. The van der Waals surface area contributed by atoms with E-state index in [2.05, 4.69) is 5.32 Å². The summed E-state index contributed by atoms with van der Waals surface area (Å²) in [6, 6.07) is 5.50. The van der Waals surface area contributed by atoms with Gasteiger partial charge < -0.3 is 14.8 Å². The van der Waals surface area contributed by atoms with Crippen LogP contribution in [0.1, 0.15) is 31.4 Å². The minimum atomic E-state index is -3.41. The van der Waals surface area contributed by atoms with Gasteiger partial charge in [0.25, 0.3) is 10.2 Å². The van der Waals surface area contributed by atoms with Crippen LogP contribution in [0.5, 0.6) is 11.5 Å². The second-order valence-corrected chi connectivity index (χ2v) is 9.24. The summed E-state index contributed by atoms with van der Waals surface area (Å²) in [6.07, 6.45) is 1.04. The number of piperidine rings is 1. The second kappa shape index (κ2) is 8.04. The van der Waals surface area contributed by atoms with Crippen LogP contribution in [0.15, 0.2) is 18.2 Å². The number of carbonyl (C=O) groups is 1. The third kappa shape index (κ3) is 4.36. The zero-order valence-electron chi connectivity index (χ0n) is 16.0. The first-order valence-corrected chi connectivity index (χ1v) is 10.6. The zero-order valence-corrected chi connectivity index (χ0v) is 16.8. The molecule has 2 heterocycles. The normalized spacial score (nSPS) is 19.7. The fourth-order valence-electron chi connectivity index (χ4n) is 3.32. The van der Waals surface area contributed by atoms with Gasteiger partial charge in [0.15, 0.2) is 11.5 Å². The predicted molar refractivity (Wildman–Crippen MR) is 101 cm³/mol. The van der Waals surface area contributed by atoms with Gasteiger partial charge in [0.1, 0.15) is 13.2 Å². The van der Waals surface area contributed by atoms with Crippen LogP contribution in [0.2, 0.25) is 0 Å². The Morgan fingerprint density at radius 3 is 2.44 bits per heavy atom. The van der Waals surface area contributed by atoms with Crippen molar-refractivity contribution in [3.05, 3.63) is 23.8 Å².